The molecule has 1 aliphatic heterocycles. The van der Waals surface area contributed by atoms with Crippen molar-refractivity contribution in [3.8, 4) is 5.75 Å². The first-order valence-electron chi connectivity index (χ1n) is 7.92. The van der Waals surface area contributed by atoms with Crippen molar-refractivity contribution in [2.45, 2.75) is 26.1 Å². The van der Waals surface area contributed by atoms with Crippen molar-refractivity contribution in [3.63, 3.8) is 0 Å². The number of para-hydroxylation sites is 2. The molecule has 5 heteroatoms. The average molecular weight is 325 g/mol. The van der Waals surface area contributed by atoms with Crippen LogP contribution in [0.5, 0.6) is 5.75 Å². The maximum Gasteiger partial charge on any atom is 0.307 e. The summed E-state index contributed by atoms with van der Waals surface area (Å²) in [4.78, 5) is 25.9. The zero-order valence-corrected chi connectivity index (χ0v) is 13.5. The highest BCUT2D eigenvalue weighted by molar-refractivity contribution is 6.00. The Bertz CT molecular complexity index is 729. The van der Waals surface area contributed by atoms with E-state index in [4.69, 9.17) is 9.47 Å². The van der Waals surface area contributed by atoms with Crippen LogP contribution in [0.1, 0.15) is 18.9 Å². The van der Waals surface area contributed by atoms with Crippen LogP contribution in [0.15, 0.2) is 54.6 Å². The standard InChI is InChI=1S/C19H19NO4/c1-14-19(22)20(16-9-5-6-10-17(16)24-14)12-11-18(21)23-13-15-7-3-2-4-8-15/h2-10,14H,11-13H2,1H3. The van der Waals surface area contributed by atoms with Gasteiger partial charge in [-0.2, -0.15) is 0 Å². The summed E-state index contributed by atoms with van der Waals surface area (Å²) in [6, 6.07) is 16.8. The Kier molecular flexibility index (Phi) is 4.79. The number of fused-ring (bicyclic) bond motifs is 1. The number of carbonyl (C=O) groups is 2. The van der Waals surface area contributed by atoms with Gasteiger partial charge in [-0.15, -0.1) is 0 Å². The Morgan fingerprint density at radius 3 is 2.62 bits per heavy atom. The van der Waals surface area contributed by atoms with Crippen molar-refractivity contribution < 1.29 is 19.1 Å². The number of benzene rings is 2. The second-order valence-corrected chi connectivity index (χ2v) is 5.61. The first-order chi connectivity index (χ1) is 11.6. The molecular formula is C19H19NO4. The molecule has 0 aromatic heterocycles. The molecule has 1 atom stereocenters. The van der Waals surface area contributed by atoms with Gasteiger partial charge in [-0.1, -0.05) is 42.5 Å². The van der Waals surface area contributed by atoms with Crippen LogP contribution in [-0.4, -0.2) is 24.5 Å². The first-order valence-corrected chi connectivity index (χ1v) is 7.92. The monoisotopic (exact) mass is 325 g/mol. The van der Waals surface area contributed by atoms with Gasteiger partial charge in [0.25, 0.3) is 5.91 Å². The normalized spacial score (nSPS) is 16.3. The highest BCUT2D eigenvalue weighted by Gasteiger charge is 2.31. The third-order valence-corrected chi connectivity index (χ3v) is 3.86. The van der Waals surface area contributed by atoms with Gasteiger partial charge < -0.3 is 14.4 Å². The van der Waals surface area contributed by atoms with Crippen LogP contribution in [0.4, 0.5) is 5.69 Å². The molecule has 0 fully saturated rings. The van der Waals surface area contributed by atoms with Crippen LogP contribution in [0.2, 0.25) is 0 Å². The van der Waals surface area contributed by atoms with Gasteiger partial charge in [-0.3, -0.25) is 9.59 Å². The van der Waals surface area contributed by atoms with Crippen LogP contribution in [0, 0.1) is 0 Å². The maximum atomic E-state index is 12.3. The van der Waals surface area contributed by atoms with Crippen molar-refractivity contribution in [2.24, 2.45) is 0 Å². The van der Waals surface area contributed by atoms with Crippen LogP contribution in [0.25, 0.3) is 0 Å². The molecule has 1 heterocycles. The number of esters is 1. The second-order valence-electron chi connectivity index (χ2n) is 5.61. The highest BCUT2D eigenvalue weighted by atomic mass is 16.5. The predicted molar refractivity (Wildman–Crippen MR) is 89.7 cm³/mol. The molecule has 2 aromatic carbocycles. The molecule has 1 aliphatic rings. The largest absolute Gasteiger partial charge is 0.479 e. The second kappa shape index (κ2) is 7.17. The fraction of sp³-hybridized carbons (Fsp3) is 0.263. The van der Waals surface area contributed by atoms with E-state index < -0.39 is 6.10 Å². The van der Waals surface area contributed by atoms with Crippen LogP contribution in [-0.2, 0) is 20.9 Å². The molecule has 3 rings (SSSR count). The molecular weight excluding hydrogens is 306 g/mol. The summed E-state index contributed by atoms with van der Waals surface area (Å²) < 4.78 is 10.8. The molecule has 1 amide bonds. The SMILES string of the molecule is CC1Oc2ccccc2N(CCC(=O)OCc2ccccc2)C1=O. The van der Waals surface area contributed by atoms with Crippen molar-refractivity contribution in [1.29, 1.82) is 0 Å². The van der Waals surface area contributed by atoms with Gasteiger partial charge in [-0.25, -0.2) is 0 Å². The molecule has 5 nitrogen and oxygen atoms in total. The van der Waals surface area contributed by atoms with E-state index in [-0.39, 0.29) is 31.4 Å². The Morgan fingerprint density at radius 2 is 1.83 bits per heavy atom. The molecule has 24 heavy (non-hydrogen) atoms. The molecule has 1 unspecified atom stereocenters. The van der Waals surface area contributed by atoms with Gasteiger partial charge in [0.1, 0.15) is 12.4 Å². The summed E-state index contributed by atoms with van der Waals surface area (Å²) in [6.45, 7) is 2.22. The van der Waals surface area contributed by atoms with E-state index in [1.165, 1.54) is 0 Å². The van der Waals surface area contributed by atoms with Crippen molar-refractivity contribution in [1.82, 2.24) is 0 Å². The van der Waals surface area contributed by atoms with Gasteiger partial charge in [0.15, 0.2) is 6.10 Å². The topological polar surface area (TPSA) is 55.8 Å². The molecule has 0 bridgehead atoms. The minimum absolute atomic E-state index is 0.139. The number of hydrogen-bond acceptors (Lipinski definition) is 4. The van der Waals surface area contributed by atoms with Crippen molar-refractivity contribution in [3.05, 3.63) is 60.2 Å². The Morgan fingerprint density at radius 1 is 1.12 bits per heavy atom. The summed E-state index contributed by atoms with van der Waals surface area (Å²) in [7, 11) is 0. The summed E-state index contributed by atoms with van der Waals surface area (Å²) in [5, 5.41) is 0. The molecule has 0 N–H and O–H groups in total. The van der Waals surface area contributed by atoms with E-state index in [2.05, 4.69) is 0 Å². The predicted octanol–water partition coefficient (Wildman–Crippen LogP) is 2.93. The van der Waals surface area contributed by atoms with Gasteiger partial charge in [0.05, 0.1) is 12.1 Å². The minimum Gasteiger partial charge on any atom is -0.479 e. The maximum absolute atomic E-state index is 12.3. The molecule has 0 saturated heterocycles. The molecule has 124 valence electrons. The average Bonchev–Trinajstić information content (AvgIpc) is 2.61. The fourth-order valence-corrected chi connectivity index (χ4v) is 2.60. The number of ether oxygens (including phenoxy) is 2. The van der Waals surface area contributed by atoms with E-state index in [0.29, 0.717) is 11.4 Å². The number of hydrogen-bond donors (Lipinski definition) is 0. The molecule has 0 spiro atoms. The van der Waals surface area contributed by atoms with Crippen LogP contribution < -0.4 is 9.64 Å². The van der Waals surface area contributed by atoms with Crippen LogP contribution >= 0.6 is 0 Å². The van der Waals surface area contributed by atoms with E-state index in [1.54, 1.807) is 11.8 Å². The first kappa shape index (κ1) is 16.1. The third kappa shape index (κ3) is 3.56. The van der Waals surface area contributed by atoms with Gasteiger partial charge in [0, 0.05) is 6.54 Å². The Hall–Kier alpha value is -2.82. The molecule has 0 aliphatic carbocycles. The van der Waals surface area contributed by atoms with Gasteiger partial charge in [-0.05, 0) is 24.6 Å². The number of anilines is 1. The number of carbonyl (C=O) groups excluding carboxylic acids is 2. The third-order valence-electron chi connectivity index (χ3n) is 3.86. The lowest BCUT2D eigenvalue weighted by atomic mass is 10.2. The molecule has 0 saturated carbocycles. The lowest BCUT2D eigenvalue weighted by Gasteiger charge is -2.32. The van der Waals surface area contributed by atoms with Crippen LogP contribution in [0.3, 0.4) is 0 Å². The summed E-state index contributed by atoms with van der Waals surface area (Å²) >= 11 is 0. The van der Waals surface area contributed by atoms with Gasteiger partial charge in [0.2, 0.25) is 0 Å². The van der Waals surface area contributed by atoms with Crippen molar-refractivity contribution in [2.75, 3.05) is 11.4 Å². The number of amides is 1. The van der Waals surface area contributed by atoms with E-state index >= 15 is 0 Å². The van der Waals surface area contributed by atoms with E-state index in [9.17, 15) is 9.59 Å². The zero-order chi connectivity index (χ0) is 16.9. The highest BCUT2D eigenvalue weighted by Crippen LogP contribution is 2.33. The minimum atomic E-state index is -0.555. The Balaban J connectivity index is 1.59. The Labute approximate surface area is 140 Å². The number of nitrogens with zero attached hydrogens (tertiary/aromatic N) is 1. The lowest BCUT2D eigenvalue weighted by Crippen LogP contribution is -2.45. The smallest absolute Gasteiger partial charge is 0.307 e. The fourth-order valence-electron chi connectivity index (χ4n) is 2.60. The van der Waals surface area contributed by atoms with Crippen molar-refractivity contribution >= 4 is 17.6 Å². The van der Waals surface area contributed by atoms with E-state index in [0.717, 1.165) is 5.56 Å². The zero-order valence-electron chi connectivity index (χ0n) is 13.5. The van der Waals surface area contributed by atoms with Gasteiger partial charge >= 0.3 is 5.97 Å². The van der Waals surface area contributed by atoms with E-state index in [1.807, 2.05) is 54.6 Å². The summed E-state index contributed by atoms with van der Waals surface area (Å²) in [5.74, 6) is 0.176. The lowest BCUT2D eigenvalue weighted by molar-refractivity contribution is -0.144. The summed E-state index contributed by atoms with van der Waals surface area (Å²) in [6.07, 6.45) is -0.417. The quantitative estimate of drug-likeness (QED) is 0.793. The summed E-state index contributed by atoms with van der Waals surface area (Å²) in [5.41, 5.74) is 1.63. The molecule has 0 radical (unpaired) electrons. The molecule has 2 aromatic rings. The number of rotatable bonds is 5.